The molecule has 0 saturated carbocycles. The number of nitrogens with zero attached hydrogens (tertiary/aromatic N) is 3. The quantitative estimate of drug-likeness (QED) is 0.681. The predicted octanol–water partition coefficient (Wildman–Crippen LogP) is 3.62. The van der Waals surface area contributed by atoms with Gasteiger partial charge in [-0.1, -0.05) is 29.4 Å². The first-order chi connectivity index (χ1) is 14.1. The number of benzene rings is 1. The second-order valence-electron chi connectivity index (χ2n) is 8.86. The number of rotatable bonds is 8. The minimum Gasteiger partial charge on any atom is -0.383 e. The van der Waals surface area contributed by atoms with Crippen LogP contribution < -0.4 is 0 Å². The third-order valence-corrected chi connectivity index (χ3v) is 6.79. The lowest BCUT2D eigenvalue weighted by atomic mass is 9.95. The lowest BCUT2D eigenvalue weighted by Crippen LogP contribution is -2.46. The van der Waals surface area contributed by atoms with Crippen LogP contribution in [0.2, 0.25) is 0 Å². The molecule has 5 heteroatoms. The predicted molar refractivity (Wildman–Crippen MR) is 115 cm³/mol. The summed E-state index contributed by atoms with van der Waals surface area (Å²) in [7, 11) is 1.79. The zero-order valence-corrected chi connectivity index (χ0v) is 18.2. The van der Waals surface area contributed by atoms with Crippen LogP contribution in [-0.2, 0) is 24.1 Å². The van der Waals surface area contributed by atoms with Crippen LogP contribution in [0.5, 0.6) is 0 Å². The van der Waals surface area contributed by atoms with Crippen LogP contribution in [0.4, 0.5) is 0 Å². The van der Waals surface area contributed by atoms with Gasteiger partial charge in [0.1, 0.15) is 5.76 Å². The molecule has 0 radical (unpaired) electrons. The summed E-state index contributed by atoms with van der Waals surface area (Å²) in [4.78, 5) is 5.30. The van der Waals surface area contributed by atoms with E-state index >= 15 is 0 Å². The number of hydrogen-bond donors (Lipinski definition) is 0. The Morgan fingerprint density at radius 2 is 1.97 bits per heavy atom. The van der Waals surface area contributed by atoms with Gasteiger partial charge < -0.3 is 9.26 Å². The summed E-state index contributed by atoms with van der Waals surface area (Å²) in [6.45, 7) is 10.2. The van der Waals surface area contributed by atoms with E-state index in [1.807, 2.05) is 13.8 Å². The topological polar surface area (TPSA) is 41.7 Å². The Balaban J connectivity index is 1.37. The molecule has 1 aliphatic carbocycles. The number of likely N-dealkylation sites (tertiary alicyclic amines) is 1. The molecule has 1 unspecified atom stereocenters. The van der Waals surface area contributed by atoms with Gasteiger partial charge in [0.05, 0.1) is 12.3 Å². The molecule has 5 nitrogen and oxygen atoms in total. The number of ether oxygens (including phenoxy) is 1. The van der Waals surface area contributed by atoms with E-state index in [4.69, 9.17) is 9.26 Å². The molecule has 158 valence electrons. The fourth-order valence-electron chi connectivity index (χ4n) is 5.14. The minimum absolute atomic E-state index is 0.685. The molecule has 0 spiro atoms. The van der Waals surface area contributed by atoms with Crippen molar-refractivity contribution >= 4 is 0 Å². The van der Waals surface area contributed by atoms with Crippen LogP contribution in [0.25, 0.3) is 0 Å². The fourth-order valence-corrected chi connectivity index (χ4v) is 5.14. The number of fused-ring (bicyclic) bond motifs is 1. The summed E-state index contributed by atoms with van der Waals surface area (Å²) in [6, 6.07) is 9.68. The van der Waals surface area contributed by atoms with Crippen molar-refractivity contribution in [3.8, 4) is 0 Å². The van der Waals surface area contributed by atoms with Crippen molar-refractivity contribution < 1.29 is 9.26 Å². The molecule has 2 aliphatic rings. The van der Waals surface area contributed by atoms with E-state index < -0.39 is 0 Å². The average Bonchev–Trinajstić information content (AvgIpc) is 3.30. The highest BCUT2D eigenvalue weighted by molar-refractivity contribution is 5.33. The van der Waals surface area contributed by atoms with Gasteiger partial charge in [-0.05, 0) is 63.1 Å². The lowest BCUT2D eigenvalue weighted by Gasteiger charge is -2.38. The van der Waals surface area contributed by atoms with Crippen LogP contribution in [0.1, 0.15) is 41.0 Å². The van der Waals surface area contributed by atoms with E-state index in [-0.39, 0.29) is 0 Å². The molecule has 29 heavy (non-hydrogen) atoms. The highest BCUT2D eigenvalue weighted by Crippen LogP contribution is 2.29. The molecule has 1 aliphatic heterocycles. The summed E-state index contributed by atoms with van der Waals surface area (Å²) in [5, 5.41) is 4.14. The second kappa shape index (κ2) is 9.41. The van der Waals surface area contributed by atoms with E-state index in [1.54, 1.807) is 18.2 Å². The Morgan fingerprint density at radius 3 is 2.62 bits per heavy atom. The molecule has 2 aromatic rings. The zero-order valence-electron chi connectivity index (χ0n) is 18.2. The Kier molecular flexibility index (Phi) is 6.68. The zero-order chi connectivity index (χ0) is 20.2. The highest BCUT2D eigenvalue weighted by atomic mass is 16.5. The molecule has 1 saturated heterocycles. The molecule has 0 bridgehead atoms. The molecule has 2 heterocycles. The van der Waals surface area contributed by atoms with Gasteiger partial charge in [0.25, 0.3) is 0 Å². The largest absolute Gasteiger partial charge is 0.383 e. The van der Waals surface area contributed by atoms with Crippen LogP contribution in [0.3, 0.4) is 0 Å². The second-order valence-corrected chi connectivity index (χ2v) is 8.86. The maximum Gasteiger partial charge on any atom is 0.138 e. The van der Waals surface area contributed by atoms with Gasteiger partial charge in [-0.15, -0.1) is 0 Å². The van der Waals surface area contributed by atoms with Gasteiger partial charge in [0.15, 0.2) is 0 Å². The van der Waals surface area contributed by atoms with Gasteiger partial charge in [0, 0.05) is 44.9 Å². The van der Waals surface area contributed by atoms with Crippen LogP contribution >= 0.6 is 0 Å². The summed E-state index contributed by atoms with van der Waals surface area (Å²) in [6.07, 6.45) is 5.06. The molecular formula is C24H35N3O2. The number of aryl methyl sites for hydroxylation is 2. The number of aromatic nitrogens is 1. The first kappa shape index (κ1) is 20.6. The van der Waals surface area contributed by atoms with E-state index in [9.17, 15) is 0 Å². The van der Waals surface area contributed by atoms with Crippen molar-refractivity contribution in [1.29, 1.82) is 0 Å². The maximum atomic E-state index is 5.39. The van der Waals surface area contributed by atoms with Crippen LogP contribution in [0.15, 0.2) is 28.8 Å². The fraction of sp³-hybridized carbons (Fsp3) is 0.625. The Morgan fingerprint density at radius 1 is 1.21 bits per heavy atom. The van der Waals surface area contributed by atoms with E-state index in [1.165, 1.54) is 44.3 Å². The smallest absolute Gasteiger partial charge is 0.138 e. The van der Waals surface area contributed by atoms with Gasteiger partial charge >= 0.3 is 0 Å². The van der Waals surface area contributed by atoms with E-state index in [0.29, 0.717) is 12.0 Å². The lowest BCUT2D eigenvalue weighted by molar-refractivity contribution is 0.0841. The summed E-state index contributed by atoms with van der Waals surface area (Å²) in [5.74, 6) is 1.66. The minimum atomic E-state index is 0.685. The Bertz CT molecular complexity index is 759. The standard InChI is InChI=1S/C24H35N3O2/c1-18-24(19(2)29-25-18)17-26(11-12-28-3)15-20-7-6-10-27(16-20)23-13-21-8-4-5-9-22(21)14-23/h4-5,8-9,20,23H,6-7,10-17H2,1-3H3. The molecule has 4 rings (SSSR count). The molecular weight excluding hydrogens is 362 g/mol. The van der Waals surface area contributed by atoms with Crippen molar-refractivity contribution in [2.45, 2.75) is 52.1 Å². The number of methoxy groups -OCH3 is 1. The molecule has 1 fully saturated rings. The summed E-state index contributed by atoms with van der Waals surface area (Å²) < 4.78 is 10.8. The normalized spacial score (nSPS) is 20.5. The van der Waals surface area contributed by atoms with Gasteiger partial charge in [-0.25, -0.2) is 0 Å². The van der Waals surface area contributed by atoms with E-state index in [2.05, 4.69) is 39.2 Å². The molecule has 1 aromatic heterocycles. The number of piperidine rings is 1. The van der Waals surface area contributed by atoms with Crippen molar-refractivity contribution in [3.63, 3.8) is 0 Å². The number of hydrogen-bond acceptors (Lipinski definition) is 5. The van der Waals surface area contributed by atoms with Gasteiger partial charge in [-0.2, -0.15) is 0 Å². The summed E-state index contributed by atoms with van der Waals surface area (Å²) >= 11 is 0. The highest BCUT2D eigenvalue weighted by Gasteiger charge is 2.31. The van der Waals surface area contributed by atoms with E-state index in [0.717, 1.165) is 37.7 Å². The van der Waals surface area contributed by atoms with Gasteiger partial charge in [0.2, 0.25) is 0 Å². The SMILES string of the molecule is COCCN(Cc1c(C)noc1C)CC1CCCN(C2Cc3ccccc3C2)C1. The van der Waals surface area contributed by atoms with Gasteiger partial charge in [-0.3, -0.25) is 9.80 Å². The first-order valence-corrected chi connectivity index (χ1v) is 11.1. The molecule has 0 N–H and O–H groups in total. The Hall–Kier alpha value is -1.69. The van der Waals surface area contributed by atoms with Crippen molar-refractivity contribution in [1.82, 2.24) is 15.0 Å². The molecule has 1 aromatic carbocycles. The molecule has 0 amide bonds. The first-order valence-electron chi connectivity index (χ1n) is 11.1. The van der Waals surface area contributed by atoms with Crippen molar-refractivity contribution in [2.75, 3.05) is 39.9 Å². The molecule has 1 atom stereocenters. The van der Waals surface area contributed by atoms with Crippen LogP contribution in [0, 0.1) is 19.8 Å². The Labute approximate surface area is 175 Å². The third-order valence-electron chi connectivity index (χ3n) is 6.79. The van der Waals surface area contributed by atoms with Crippen molar-refractivity contribution in [3.05, 3.63) is 52.4 Å². The third kappa shape index (κ3) is 4.90. The van der Waals surface area contributed by atoms with Crippen molar-refractivity contribution in [2.24, 2.45) is 5.92 Å². The maximum absolute atomic E-state index is 5.39. The van der Waals surface area contributed by atoms with Crippen LogP contribution in [-0.4, -0.2) is 60.9 Å². The average molecular weight is 398 g/mol. The monoisotopic (exact) mass is 397 g/mol. The summed E-state index contributed by atoms with van der Waals surface area (Å²) in [5.41, 5.74) is 5.36.